The van der Waals surface area contributed by atoms with E-state index in [0.29, 0.717) is 30.8 Å². The maximum absolute atomic E-state index is 14.5. The van der Waals surface area contributed by atoms with E-state index in [1.54, 1.807) is 12.1 Å². The Balaban J connectivity index is 0.00000243. The van der Waals surface area contributed by atoms with Crippen molar-refractivity contribution >= 4 is 11.6 Å². The van der Waals surface area contributed by atoms with Crippen molar-refractivity contribution in [2.24, 2.45) is 17.8 Å². The summed E-state index contributed by atoms with van der Waals surface area (Å²) < 4.78 is 26.0. The average molecular weight is 453 g/mol. The molecule has 2 nitrogen and oxygen atoms in total. The Kier molecular flexibility index (Phi) is 10.5. The van der Waals surface area contributed by atoms with E-state index in [1.165, 1.54) is 12.8 Å². The Labute approximate surface area is 211 Å². The quantitative estimate of drug-likeness (QED) is 0.615. The zero-order valence-electron chi connectivity index (χ0n) is 16.1. The molecule has 0 radical (unpaired) electrons. The van der Waals surface area contributed by atoms with E-state index >= 15 is 0 Å². The maximum atomic E-state index is 14.5. The van der Waals surface area contributed by atoms with Crippen LogP contribution in [0.15, 0.2) is 12.1 Å². The van der Waals surface area contributed by atoms with Crippen LogP contribution in [0.4, 0.5) is 4.39 Å². The second-order valence-electron chi connectivity index (χ2n) is 7.75. The second kappa shape index (κ2) is 11.8. The molecule has 0 heterocycles. The molecule has 1 aromatic rings. The van der Waals surface area contributed by atoms with Gasteiger partial charge in [-0.2, -0.15) is 12.8 Å². The van der Waals surface area contributed by atoms with Crippen LogP contribution in [-0.4, -0.2) is 13.2 Å². The van der Waals surface area contributed by atoms with Crippen LogP contribution in [0.1, 0.15) is 58.3 Å². The Hall–Kier alpha value is 0.845. The van der Waals surface area contributed by atoms with Gasteiger partial charge in [-0.3, -0.25) is 0 Å². The van der Waals surface area contributed by atoms with Crippen LogP contribution in [0.25, 0.3) is 0 Å². The van der Waals surface area contributed by atoms with Crippen LogP contribution in [0.2, 0.25) is 5.02 Å². The molecule has 0 saturated heterocycles. The van der Waals surface area contributed by atoms with Gasteiger partial charge < -0.3 is 15.9 Å². The summed E-state index contributed by atoms with van der Waals surface area (Å²) in [6.45, 7) is 3.47. The summed E-state index contributed by atoms with van der Waals surface area (Å²) in [5, 5.41) is 0.0390. The standard InChI is InChI=1S/C21H29ClFO2.Rb/c1-15-7-9-17(10-8-15)14-25-19-12-11-18(20(22)21(19)23)24-13-16-5-3-2-4-6-16;/h2,11-12,15-17H,3-10,13-14H2,1H3;/q-1;+1. The predicted octanol–water partition coefficient (Wildman–Crippen LogP) is 3.46. The average Bonchev–Trinajstić information content (AvgIpc) is 2.64. The molecule has 0 atom stereocenters. The smallest absolute Gasteiger partial charge is 0.492 e. The number of rotatable bonds is 6. The molecule has 5 heteroatoms. The first-order valence-electron chi connectivity index (χ1n) is 9.68. The molecule has 0 bridgehead atoms. The normalized spacial score (nSPS) is 24.0. The van der Waals surface area contributed by atoms with Crippen LogP contribution in [0.5, 0.6) is 11.5 Å². The fourth-order valence-corrected chi connectivity index (χ4v) is 4.02. The van der Waals surface area contributed by atoms with Gasteiger partial charge in [-0.25, -0.2) is 4.39 Å². The zero-order chi connectivity index (χ0) is 17.6. The number of ether oxygens (including phenoxy) is 2. The van der Waals surface area contributed by atoms with Crippen LogP contribution in [0, 0.1) is 30.0 Å². The maximum Gasteiger partial charge on any atom is 1.00 e. The molecule has 0 amide bonds. The Morgan fingerprint density at radius 2 is 1.50 bits per heavy atom. The molecule has 0 N–H and O–H groups in total. The van der Waals surface area contributed by atoms with Gasteiger partial charge in [0.15, 0.2) is 11.6 Å². The fourth-order valence-electron chi connectivity index (χ4n) is 3.81. The van der Waals surface area contributed by atoms with Gasteiger partial charge in [0.05, 0.1) is 13.2 Å². The molecule has 2 saturated carbocycles. The summed E-state index contributed by atoms with van der Waals surface area (Å²) >= 11 is 6.17. The molecular formula is C21H29ClFO2Rb. The van der Waals surface area contributed by atoms with Crippen molar-refractivity contribution in [1.82, 2.24) is 0 Å². The van der Waals surface area contributed by atoms with E-state index in [-0.39, 0.29) is 69.0 Å². The summed E-state index contributed by atoms with van der Waals surface area (Å²) in [7, 11) is 0. The molecule has 140 valence electrons. The minimum Gasteiger partial charge on any atom is -0.492 e. The first-order chi connectivity index (χ1) is 12.1. The Morgan fingerprint density at radius 3 is 2.15 bits per heavy atom. The van der Waals surface area contributed by atoms with Crippen molar-refractivity contribution in [3.05, 3.63) is 29.4 Å². The predicted molar refractivity (Wildman–Crippen MR) is 99.8 cm³/mol. The molecule has 0 spiro atoms. The third-order valence-electron chi connectivity index (χ3n) is 5.65. The third-order valence-corrected chi connectivity index (χ3v) is 6.01. The van der Waals surface area contributed by atoms with E-state index in [4.69, 9.17) is 21.1 Å². The molecule has 2 aliphatic rings. The first kappa shape index (κ1) is 23.1. The van der Waals surface area contributed by atoms with Crippen LogP contribution >= 0.6 is 11.6 Å². The van der Waals surface area contributed by atoms with Crippen LogP contribution in [0.3, 0.4) is 0 Å². The summed E-state index contributed by atoms with van der Waals surface area (Å²) in [4.78, 5) is 0. The Bertz CT molecular complexity index is 555. The minimum absolute atomic E-state index is 0. The molecule has 26 heavy (non-hydrogen) atoms. The summed E-state index contributed by atoms with van der Waals surface area (Å²) in [6.07, 6.45) is 11.7. The van der Waals surface area contributed by atoms with Crippen molar-refractivity contribution in [3.63, 3.8) is 0 Å². The second-order valence-corrected chi connectivity index (χ2v) is 8.13. The molecule has 0 aromatic heterocycles. The molecule has 3 rings (SSSR count). The number of halogens is 2. The molecule has 2 aliphatic carbocycles. The zero-order valence-corrected chi connectivity index (χ0v) is 21.8. The third kappa shape index (κ3) is 6.72. The van der Waals surface area contributed by atoms with Gasteiger partial charge in [-0.1, -0.05) is 44.2 Å². The van der Waals surface area contributed by atoms with E-state index in [2.05, 4.69) is 13.3 Å². The number of hydrogen-bond donors (Lipinski definition) is 0. The molecule has 1 aromatic carbocycles. The topological polar surface area (TPSA) is 18.5 Å². The summed E-state index contributed by atoms with van der Waals surface area (Å²) in [5.41, 5.74) is 0. The van der Waals surface area contributed by atoms with Gasteiger partial charge in [0, 0.05) is 0 Å². The number of benzene rings is 1. The van der Waals surface area contributed by atoms with Gasteiger partial charge in [0.1, 0.15) is 10.8 Å². The van der Waals surface area contributed by atoms with E-state index in [9.17, 15) is 4.39 Å². The fraction of sp³-hybridized carbons (Fsp3) is 0.667. The van der Waals surface area contributed by atoms with E-state index in [1.807, 2.05) is 0 Å². The minimum atomic E-state index is -0.500. The monoisotopic (exact) mass is 452 g/mol. The molecule has 0 unspecified atom stereocenters. The molecule has 2 fully saturated rings. The van der Waals surface area contributed by atoms with Crippen molar-refractivity contribution in [2.75, 3.05) is 13.2 Å². The largest absolute Gasteiger partial charge is 1.00 e. The van der Waals surface area contributed by atoms with Crippen LogP contribution in [-0.2, 0) is 0 Å². The van der Waals surface area contributed by atoms with Crippen molar-refractivity contribution < 1.29 is 72.1 Å². The van der Waals surface area contributed by atoms with Gasteiger partial charge in [0.25, 0.3) is 0 Å². The van der Waals surface area contributed by atoms with E-state index in [0.717, 1.165) is 44.4 Å². The van der Waals surface area contributed by atoms with Gasteiger partial charge >= 0.3 is 58.2 Å². The van der Waals surface area contributed by atoms with Crippen LogP contribution < -0.4 is 67.7 Å². The van der Waals surface area contributed by atoms with Crippen molar-refractivity contribution in [1.29, 1.82) is 0 Å². The Morgan fingerprint density at radius 1 is 0.962 bits per heavy atom. The summed E-state index contributed by atoms with van der Waals surface area (Å²) in [5.74, 6) is 2.03. The first-order valence-corrected chi connectivity index (χ1v) is 10.1. The number of hydrogen-bond acceptors (Lipinski definition) is 2. The molecule has 0 aliphatic heterocycles. The van der Waals surface area contributed by atoms with E-state index < -0.39 is 5.82 Å². The van der Waals surface area contributed by atoms with Gasteiger partial charge in [-0.15, -0.1) is 0 Å². The van der Waals surface area contributed by atoms with Gasteiger partial charge in [-0.05, 0) is 42.7 Å². The van der Waals surface area contributed by atoms with Gasteiger partial charge in [0.2, 0.25) is 0 Å². The molecular weight excluding hydrogens is 424 g/mol. The van der Waals surface area contributed by atoms with Crippen molar-refractivity contribution in [2.45, 2.75) is 58.3 Å². The van der Waals surface area contributed by atoms with Crippen molar-refractivity contribution in [3.8, 4) is 11.5 Å². The summed E-state index contributed by atoms with van der Waals surface area (Å²) in [6, 6.07) is 3.38. The SMILES string of the molecule is CC1CCC(COc2ccc(OCC3CC[CH-]CC3)c(Cl)c2F)CC1.[Rb+].